The van der Waals surface area contributed by atoms with E-state index in [1.807, 2.05) is 32.8 Å². The third kappa shape index (κ3) is 4.25. The van der Waals surface area contributed by atoms with Gasteiger partial charge in [0, 0.05) is 19.1 Å². The van der Waals surface area contributed by atoms with Gasteiger partial charge in [0.1, 0.15) is 0 Å². The number of carbonyl (C=O) groups excluding carboxylic acids is 1. The van der Waals surface area contributed by atoms with E-state index >= 15 is 0 Å². The van der Waals surface area contributed by atoms with Crippen molar-refractivity contribution in [1.82, 2.24) is 9.80 Å². The first-order valence-corrected chi connectivity index (χ1v) is 7.14. The Morgan fingerprint density at radius 2 is 1.78 bits per heavy atom. The molecule has 1 aliphatic carbocycles. The molecule has 0 aromatic rings. The smallest absolute Gasteiger partial charge is 0.240 e. The second-order valence-electron chi connectivity index (χ2n) is 6.04. The van der Waals surface area contributed by atoms with Gasteiger partial charge in [-0.1, -0.05) is 26.7 Å². The number of likely N-dealkylation sites (N-methyl/N-ethyl adjacent to an activating group) is 1. The first-order chi connectivity index (χ1) is 8.43. The van der Waals surface area contributed by atoms with E-state index in [2.05, 4.69) is 4.90 Å². The van der Waals surface area contributed by atoms with Crippen LogP contribution in [0.5, 0.6) is 0 Å². The van der Waals surface area contributed by atoms with Crippen molar-refractivity contribution in [2.75, 3.05) is 27.2 Å². The molecule has 0 aliphatic heterocycles. The largest absolute Gasteiger partial charge is 0.337 e. The summed E-state index contributed by atoms with van der Waals surface area (Å²) in [6.07, 6.45) is 4.77. The highest BCUT2D eigenvalue weighted by atomic mass is 16.2. The van der Waals surface area contributed by atoms with Gasteiger partial charge in [0.05, 0.1) is 6.04 Å². The molecule has 0 bridgehead atoms. The fourth-order valence-corrected chi connectivity index (χ4v) is 2.47. The molecule has 1 rings (SSSR count). The molecular weight excluding hydrogens is 226 g/mol. The molecule has 0 saturated heterocycles. The predicted octanol–water partition coefficient (Wildman–Crippen LogP) is 1.30. The predicted molar refractivity (Wildman–Crippen MR) is 75.3 cm³/mol. The number of amides is 1. The van der Waals surface area contributed by atoms with E-state index in [1.165, 1.54) is 12.8 Å². The lowest BCUT2D eigenvalue weighted by Crippen LogP contribution is -2.51. The van der Waals surface area contributed by atoms with Crippen molar-refractivity contribution >= 4 is 5.91 Å². The van der Waals surface area contributed by atoms with Crippen molar-refractivity contribution in [3.05, 3.63) is 0 Å². The first-order valence-electron chi connectivity index (χ1n) is 7.14. The Hall–Kier alpha value is -0.610. The zero-order chi connectivity index (χ0) is 13.7. The van der Waals surface area contributed by atoms with Crippen molar-refractivity contribution in [3.63, 3.8) is 0 Å². The zero-order valence-corrected chi connectivity index (χ0v) is 12.4. The van der Waals surface area contributed by atoms with Gasteiger partial charge in [0.2, 0.25) is 5.91 Å². The summed E-state index contributed by atoms with van der Waals surface area (Å²) in [4.78, 5) is 16.6. The van der Waals surface area contributed by atoms with Crippen LogP contribution in [0.15, 0.2) is 0 Å². The van der Waals surface area contributed by atoms with E-state index < -0.39 is 0 Å². The molecule has 106 valence electrons. The number of hydrogen-bond donors (Lipinski definition) is 1. The molecule has 18 heavy (non-hydrogen) atoms. The third-order valence-corrected chi connectivity index (χ3v) is 3.84. The van der Waals surface area contributed by atoms with E-state index in [0.717, 1.165) is 25.9 Å². The van der Waals surface area contributed by atoms with Gasteiger partial charge < -0.3 is 15.5 Å². The highest BCUT2D eigenvalue weighted by Gasteiger charge is 2.30. The highest BCUT2D eigenvalue weighted by Crippen LogP contribution is 2.24. The van der Waals surface area contributed by atoms with Crippen LogP contribution in [0, 0.1) is 5.92 Å². The molecule has 1 aliphatic rings. The van der Waals surface area contributed by atoms with Crippen molar-refractivity contribution in [3.8, 4) is 0 Å². The topological polar surface area (TPSA) is 49.6 Å². The van der Waals surface area contributed by atoms with Crippen LogP contribution >= 0.6 is 0 Å². The molecule has 4 heteroatoms. The maximum atomic E-state index is 12.5. The Bertz CT molecular complexity index is 260. The maximum Gasteiger partial charge on any atom is 0.240 e. The molecular formula is C14H29N3O. The van der Waals surface area contributed by atoms with Gasteiger partial charge in [-0.05, 0) is 32.9 Å². The Kier molecular flexibility index (Phi) is 6.09. The molecule has 0 spiro atoms. The highest BCUT2D eigenvalue weighted by molar-refractivity contribution is 5.82. The monoisotopic (exact) mass is 255 g/mol. The van der Waals surface area contributed by atoms with Crippen LogP contribution in [-0.2, 0) is 4.79 Å². The Labute approximate surface area is 111 Å². The molecule has 1 unspecified atom stereocenters. The minimum Gasteiger partial charge on any atom is -0.337 e. The summed E-state index contributed by atoms with van der Waals surface area (Å²) < 4.78 is 0. The van der Waals surface area contributed by atoms with E-state index in [4.69, 9.17) is 5.73 Å². The SMILES string of the molecule is CC(C)C(N)C(=O)N(CCN(C)C)C1CCCC1. The molecule has 2 N–H and O–H groups in total. The van der Waals surface area contributed by atoms with Gasteiger partial charge in [-0.25, -0.2) is 0 Å². The number of carbonyl (C=O) groups is 1. The van der Waals surface area contributed by atoms with Gasteiger partial charge in [0.25, 0.3) is 0 Å². The molecule has 0 heterocycles. The number of rotatable bonds is 6. The number of hydrogen-bond acceptors (Lipinski definition) is 3. The third-order valence-electron chi connectivity index (χ3n) is 3.84. The molecule has 1 saturated carbocycles. The summed E-state index contributed by atoms with van der Waals surface area (Å²) in [6, 6.07) is 0.0648. The van der Waals surface area contributed by atoms with Gasteiger partial charge in [-0.3, -0.25) is 4.79 Å². The van der Waals surface area contributed by atoms with Gasteiger partial charge in [0.15, 0.2) is 0 Å². The minimum atomic E-state index is -0.354. The molecule has 0 aromatic heterocycles. The average Bonchev–Trinajstić information content (AvgIpc) is 2.81. The molecule has 0 aromatic carbocycles. The van der Waals surface area contributed by atoms with Crippen molar-refractivity contribution in [2.45, 2.75) is 51.6 Å². The molecule has 1 amide bonds. The molecule has 0 radical (unpaired) electrons. The van der Waals surface area contributed by atoms with Crippen LogP contribution in [-0.4, -0.2) is 55.0 Å². The molecule has 4 nitrogen and oxygen atoms in total. The number of nitrogens with two attached hydrogens (primary N) is 1. The average molecular weight is 255 g/mol. The fourth-order valence-electron chi connectivity index (χ4n) is 2.47. The van der Waals surface area contributed by atoms with Crippen molar-refractivity contribution < 1.29 is 4.79 Å². The normalized spacial score (nSPS) is 18.6. The molecule has 1 fully saturated rings. The summed E-state index contributed by atoms with van der Waals surface area (Å²) in [5.74, 6) is 0.347. The second kappa shape index (κ2) is 7.10. The van der Waals surface area contributed by atoms with E-state index in [0.29, 0.717) is 6.04 Å². The van der Waals surface area contributed by atoms with E-state index in [1.54, 1.807) is 0 Å². The summed E-state index contributed by atoms with van der Waals surface area (Å²) in [7, 11) is 4.08. The number of nitrogens with zero attached hydrogens (tertiary/aromatic N) is 2. The van der Waals surface area contributed by atoms with Gasteiger partial charge >= 0.3 is 0 Å². The fraction of sp³-hybridized carbons (Fsp3) is 0.929. The Morgan fingerprint density at radius 3 is 2.22 bits per heavy atom. The summed E-state index contributed by atoms with van der Waals surface area (Å²) in [5.41, 5.74) is 6.03. The van der Waals surface area contributed by atoms with Crippen molar-refractivity contribution in [2.24, 2.45) is 11.7 Å². The summed E-state index contributed by atoms with van der Waals surface area (Å²) in [5, 5.41) is 0. The van der Waals surface area contributed by atoms with E-state index in [9.17, 15) is 4.79 Å². The first kappa shape index (κ1) is 15.4. The Balaban J connectivity index is 2.66. The standard InChI is InChI=1S/C14H29N3O/c1-11(2)13(15)14(18)17(10-9-16(3)4)12-7-5-6-8-12/h11-13H,5-10,15H2,1-4H3. The zero-order valence-electron chi connectivity index (χ0n) is 12.4. The Morgan fingerprint density at radius 1 is 1.22 bits per heavy atom. The quantitative estimate of drug-likeness (QED) is 0.778. The maximum absolute atomic E-state index is 12.5. The van der Waals surface area contributed by atoms with Crippen LogP contribution < -0.4 is 5.73 Å². The minimum absolute atomic E-state index is 0.138. The van der Waals surface area contributed by atoms with Crippen LogP contribution in [0.4, 0.5) is 0 Å². The summed E-state index contributed by atoms with van der Waals surface area (Å²) >= 11 is 0. The lowest BCUT2D eigenvalue weighted by Gasteiger charge is -2.33. The summed E-state index contributed by atoms with van der Waals surface area (Å²) in [6.45, 7) is 5.74. The second-order valence-corrected chi connectivity index (χ2v) is 6.04. The van der Waals surface area contributed by atoms with E-state index in [-0.39, 0.29) is 17.9 Å². The van der Waals surface area contributed by atoms with Crippen LogP contribution in [0.2, 0.25) is 0 Å². The van der Waals surface area contributed by atoms with Crippen molar-refractivity contribution in [1.29, 1.82) is 0 Å². The van der Waals surface area contributed by atoms with Crippen LogP contribution in [0.3, 0.4) is 0 Å². The van der Waals surface area contributed by atoms with Gasteiger partial charge in [-0.2, -0.15) is 0 Å². The van der Waals surface area contributed by atoms with Crippen LogP contribution in [0.1, 0.15) is 39.5 Å². The lowest BCUT2D eigenvalue weighted by molar-refractivity contribution is -0.136. The lowest BCUT2D eigenvalue weighted by atomic mass is 10.0. The molecule has 1 atom stereocenters. The van der Waals surface area contributed by atoms with Crippen LogP contribution in [0.25, 0.3) is 0 Å². The van der Waals surface area contributed by atoms with Gasteiger partial charge in [-0.15, -0.1) is 0 Å².